The van der Waals surface area contributed by atoms with Gasteiger partial charge in [0.2, 0.25) is 5.91 Å². The van der Waals surface area contributed by atoms with Gasteiger partial charge >= 0.3 is 5.97 Å². The molecule has 2 rings (SSSR count). The van der Waals surface area contributed by atoms with E-state index in [2.05, 4.69) is 4.98 Å². The van der Waals surface area contributed by atoms with Crippen LogP contribution in [0.25, 0.3) is 11.7 Å². The van der Waals surface area contributed by atoms with Gasteiger partial charge in [-0.25, -0.2) is 9.78 Å². The lowest BCUT2D eigenvalue weighted by molar-refractivity contribution is -0.155. The zero-order valence-electron chi connectivity index (χ0n) is 12.9. The number of rotatable bonds is 5. The Labute approximate surface area is 127 Å². The van der Waals surface area contributed by atoms with Crippen molar-refractivity contribution < 1.29 is 23.5 Å². The van der Waals surface area contributed by atoms with Crippen LogP contribution in [0.3, 0.4) is 0 Å². The van der Waals surface area contributed by atoms with Crippen LogP contribution in [0.15, 0.2) is 27.2 Å². The summed E-state index contributed by atoms with van der Waals surface area (Å²) in [5.74, 6) is -0.154. The Kier molecular flexibility index (Phi) is 4.07. The third-order valence-corrected chi connectivity index (χ3v) is 3.68. The molecule has 0 saturated carbocycles. The number of carboxylic acid groups (broad SMARTS) is 1. The summed E-state index contributed by atoms with van der Waals surface area (Å²) >= 11 is 0. The minimum Gasteiger partial charge on any atom is -0.480 e. The van der Waals surface area contributed by atoms with Crippen molar-refractivity contribution in [2.45, 2.75) is 32.7 Å². The molecule has 1 N–H and O–H groups in total. The molecule has 0 aliphatic carbocycles. The van der Waals surface area contributed by atoms with Gasteiger partial charge in [-0.05, 0) is 32.9 Å². The van der Waals surface area contributed by atoms with Crippen LogP contribution in [0.2, 0.25) is 0 Å². The highest BCUT2D eigenvalue weighted by molar-refractivity contribution is 5.87. The Hall–Kier alpha value is -2.57. The number of hydrogen-bond acceptors (Lipinski definition) is 5. The van der Waals surface area contributed by atoms with Crippen LogP contribution in [0, 0.1) is 6.92 Å². The van der Waals surface area contributed by atoms with Crippen molar-refractivity contribution >= 4 is 11.9 Å². The molecule has 7 nitrogen and oxygen atoms in total. The molecular formula is C15H18N2O5. The summed E-state index contributed by atoms with van der Waals surface area (Å²) in [5, 5.41) is 9.17. The van der Waals surface area contributed by atoms with Gasteiger partial charge in [-0.15, -0.1) is 0 Å². The van der Waals surface area contributed by atoms with Crippen LogP contribution in [-0.4, -0.2) is 39.5 Å². The van der Waals surface area contributed by atoms with Crippen molar-refractivity contribution in [1.82, 2.24) is 9.88 Å². The van der Waals surface area contributed by atoms with Gasteiger partial charge in [0, 0.05) is 7.05 Å². The zero-order valence-corrected chi connectivity index (χ0v) is 12.9. The number of carboxylic acids is 1. The van der Waals surface area contributed by atoms with E-state index in [1.165, 1.54) is 32.1 Å². The molecule has 2 aromatic rings. The van der Waals surface area contributed by atoms with E-state index in [0.717, 1.165) is 0 Å². The van der Waals surface area contributed by atoms with E-state index in [4.69, 9.17) is 13.9 Å². The maximum Gasteiger partial charge on any atom is 0.329 e. The predicted octanol–water partition coefficient (Wildman–Crippen LogP) is 2.11. The normalized spacial score (nSPS) is 11.5. The molecular weight excluding hydrogens is 288 g/mol. The standard InChI is InChI=1S/C15H18N2O5/c1-9-10(16-13(22-9)11-6-5-7-21-11)8-12(18)17(4)15(2,3)14(19)20/h5-7H,8H2,1-4H3,(H,19,20). The minimum absolute atomic E-state index is 0.0384. The predicted molar refractivity (Wildman–Crippen MR) is 77.1 cm³/mol. The van der Waals surface area contributed by atoms with Crippen LogP contribution >= 0.6 is 0 Å². The summed E-state index contributed by atoms with van der Waals surface area (Å²) in [6.07, 6.45) is 1.46. The molecule has 7 heteroatoms. The number of aromatic nitrogens is 1. The summed E-state index contributed by atoms with van der Waals surface area (Å²) in [6, 6.07) is 3.42. The molecule has 2 heterocycles. The topological polar surface area (TPSA) is 96.8 Å². The van der Waals surface area contributed by atoms with Crippen LogP contribution in [-0.2, 0) is 16.0 Å². The first-order valence-corrected chi connectivity index (χ1v) is 6.73. The average Bonchev–Trinajstić information content (AvgIpc) is 3.08. The van der Waals surface area contributed by atoms with Crippen LogP contribution in [0.4, 0.5) is 0 Å². The Morgan fingerprint density at radius 1 is 1.41 bits per heavy atom. The SMILES string of the molecule is Cc1oc(-c2ccco2)nc1CC(=O)N(C)C(C)(C)C(=O)O. The second-order valence-corrected chi connectivity index (χ2v) is 5.49. The number of carbonyl (C=O) groups excluding carboxylic acids is 1. The molecule has 22 heavy (non-hydrogen) atoms. The van der Waals surface area contributed by atoms with Gasteiger partial charge in [0.1, 0.15) is 11.3 Å². The van der Waals surface area contributed by atoms with E-state index >= 15 is 0 Å². The molecule has 0 bridgehead atoms. The lowest BCUT2D eigenvalue weighted by atomic mass is 10.0. The molecule has 0 aromatic carbocycles. The average molecular weight is 306 g/mol. The van der Waals surface area contributed by atoms with Gasteiger partial charge < -0.3 is 18.8 Å². The van der Waals surface area contributed by atoms with Crippen molar-refractivity contribution in [1.29, 1.82) is 0 Å². The van der Waals surface area contributed by atoms with Crippen molar-refractivity contribution in [2.24, 2.45) is 0 Å². The number of amides is 1. The number of aliphatic carboxylic acids is 1. The molecule has 0 aliphatic heterocycles. The molecule has 0 saturated heterocycles. The fourth-order valence-electron chi connectivity index (χ4n) is 1.81. The van der Waals surface area contributed by atoms with E-state index in [1.807, 2.05) is 0 Å². The fraction of sp³-hybridized carbons (Fsp3) is 0.400. The number of furan rings is 1. The first-order chi connectivity index (χ1) is 10.2. The van der Waals surface area contributed by atoms with E-state index in [9.17, 15) is 9.59 Å². The summed E-state index contributed by atoms with van der Waals surface area (Å²) in [6.45, 7) is 4.64. The number of oxazole rings is 1. The number of likely N-dealkylation sites (N-methyl/N-ethyl adjacent to an activating group) is 1. The third-order valence-electron chi connectivity index (χ3n) is 3.68. The summed E-state index contributed by atoms with van der Waals surface area (Å²) in [4.78, 5) is 28.9. The van der Waals surface area contributed by atoms with Gasteiger partial charge in [0.15, 0.2) is 5.76 Å². The number of nitrogens with zero attached hydrogens (tertiary/aromatic N) is 2. The lowest BCUT2D eigenvalue weighted by Gasteiger charge is -2.31. The molecule has 0 unspecified atom stereocenters. The maximum absolute atomic E-state index is 12.3. The van der Waals surface area contributed by atoms with E-state index in [0.29, 0.717) is 23.1 Å². The summed E-state index contributed by atoms with van der Waals surface area (Å²) in [5.41, 5.74) is -0.831. The van der Waals surface area contributed by atoms with E-state index in [-0.39, 0.29) is 12.3 Å². The van der Waals surface area contributed by atoms with Gasteiger partial charge in [0.05, 0.1) is 18.4 Å². The van der Waals surface area contributed by atoms with E-state index < -0.39 is 11.5 Å². The van der Waals surface area contributed by atoms with Gasteiger partial charge in [-0.1, -0.05) is 0 Å². The van der Waals surface area contributed by atoms with Gasteiger partial charge in [-0.2, -0.15) is 0 Å². The Bertz CT molecular complexity index is 685. The monoisotopic (exact) mass is 306 g/mol. The maximum atomic E-state index is 12.3. The second-order valence-electron chi connectivity index (χ2n) is 5.49. The molecule has 118 valence electrons. The number of carbonyl (C=O) groups is 2. The smallest absolute Gasteiger partial charge is 0.329 e. The van der Waals surface area contributed by atoms with Crippen LogP contribution < -0.4 is 0 Å². The van der Waals surface area contributed by atoms with Crippen molar-refractivity contribution in [3.63, 3.8) is 0 Å². The molecule has 0 fully saturated rings. The van der Waals surface area contributed by atoms with Crippen LogP contribution in [0.5, 0.6) is 0 Å². The molecule has 0 aliphatic rings. The molecule has 0 atom stereocenters. The largest absolute Gasteiger partial charge is 0.480 e. The summed E-state index contributed by atoms with van der Waals surface area (Å²) < 4.78 is 10.7. The third kappa shape index (κ3) is 2.88. The molecule has 0 spiro atoms. The van der Waals surface area contributed by atoms with Gasteiger partial charge in [-0.3, -0.25) is 4.79 Å². The van der Waals surface area contributed by atoms with Crippen molar-refractivity contribution in [2.75, 3.05) is 7.05 Å². The quantitative estimate of drug-likeness (QED) is 0.908. The van der Waals surface area contributed by atoms with Crippen LogP contribution in [0.1, 0.15) is 25.3 Å². The fourth-order valence-corrected chi connectivity index (χ4v) is 1.81. The lowest BCUT2D eigenvalue weighted by Crippen LogP contribution is -2.51. The zero-order chi connectivity index (χ0) is 16.5. The Morgan fingerprint density at radius 2 is 2.09 bits per heavy atom. The summed E-state index contributed by atoms with van der Waals surface area (Å²) in [7, 11) is 1.46. The highest BCUT2D eigenvalue weighted by atomic mass is 16.4. The van der Waals surface area contributed by atoms with E-state index in [1.54, 1.807) is 19.1 Å². The Morgan fingerprint density at radius 3 is 2.64 bits per heavy atom. The Balaban J connectivity index is 2.17. The van der Waals surface area contributed by atoms with Crippen molar-refractivity contribution in [3.8, 4) is 11.7 Å². The molecule has 2 aromatic heterocycles. The first kappa shape index (κ1) is 15.8. The highest BCUT2D eigenvalue weighted by Gasteiger charge is 2.35. The number of hydrogen-bond donors (Lipinski definition) is 1. The minimum atomic E-state index is -1.29. The van der Waals surface area contributed by atoms with Gasteiger partial charge in [0.25, 0.3) is 5.89 Å². The first-order valence-electron chi connectivity index (χ1n) is 6.73. The second kappa shape index (κ2) is 5.67. The molecule has 1 amide bonds. The van der Waals surface area contributed by atoms with Crippen molar-refractivity contribution in [3.05, 3.63) is 29.9 Å². The molecule has 0 radical (unpaired) electrons. The highest BCUT2D eigenvalue weighted by Crippen LogP contribution is 2.23. The number of aryl methyl sites for hydroxylation is 1.